The maximum absolute atomic E-state index is 13.4. The molecule has 0 unspecified atom stereocenters. The van der Waals surface area contributed by atoms with Crippen LogP contribution in [-0.4, -0.2) is 35.2 Å². The molecule has 0 aliphatic rings. The minimum Gasteiger partial charge on any atom is -0.506 e. The van der Waals surface area contributed by atoms with Crippen LogP contribution >= 0.6 is 11.6 Å². The molecule has 1 aromatic heterocycles. The number of nitrogens with zero attached hydrogens (tertiary/aromatic N) is 2. The Balaban J connectivity index is 2.21. The number of aromatic nitrogens is 2. The number of aryl methyl sites for hydroxylation is 1. The van der Waals surface area contributed by atoms with Crippen LogP contribution in [0.5, 0.6) is 11.5 Å². The molecule has 0 amide bonds. The van der Waals surface area contributed by atoms with Crippen molar-refractivity contribution in [3.8, 4) is 33.9 Å². The molecule has 3 rings (SSSR count). The normalized spacial score (nSPS) is 12.3. The van der Waals surface area contributed by atoms with Gasteiger partial charge in [-0.25, -0.2) is 0 Å². The van der Waals surface area contributed by atoms with Crippen molar-refractivity contribution in [3.05, 3.63) is 52.7 Å². The summed E-state index contributed by atoms with van der Waals surface area (Å²) in [5, 5.41) is 14.2. The molecular formula is C21H17ClF6N2O3. The molecule has 0 aliphatic heterocycles. The van der Waals surface area contributed by atoms with Crippen LogP contribution in [0.4, 0.5) is 26.3 Å². The number of ether oxygens (including phenoxy) is 2. The van der Waals surface area contributed by atoms with Crippen molar-refractivity contribution in [2.24, 2.45) is 7.05 Å². The summed E-state index contributed by atoms with van der Waals surface area (Å²) in [5.74, 6) is -0.608. The quantitative estimate of drug-likeness (QED) is 0.328. The molecule has 0 spiro atoms. The van der Waals surface area contributed by atoms with E-state index < -0.39 is 34.4 Å². The van der Waals surface area contributed by atoms with E-state index >= 15 is 0 Å². The Morgan fingerprint density at radius 1 is 1.00 bits per heavy atom. The second-order valence-electron chi connectivity index (χ2n) is 6.90. The van der Waals surface area contributed by atoms with Gasteiger partial charge in [-0.15, -0.1) is 0 Å². The topological polar surface area (TPSA) is 56.5 Å². The van der Waals surface area contributed by atoms with Crippen LogP contribution in [-0.2, 0) is 24.1 Å². The third kappa shape index (κ3) is 5.19. The highest BCUT2D eigenvalue weighted by atomic mass is 35.5. The molecule has 0 aliphatic carbocycles. The van der Waals surface area contributed by atoms with Crippen molar-refractivity contribution in [2.75, 3.05) is 20.3 Å². The van der Waals surface area contributed by atoms with E-state index in [1.54, 1.807) is 0 Å². The fourth-order valence-corrected chi connectivity index (χ4v) is 3.40. The van der Waals surface area contributed by atoms with Gasteiger partial charge < -0.3 is 14.6 Å². The van der Waals surface area contributed by atoms with Crippen molar-refractivity contribution in [2.45, 2.75) is 12.4 Å². The van der Waals surface area contributed by atoms with Crippen LogP contribution in [0.1, 0.15) is 11.3 Å². The second kappa shape index (κ2) is 9.14. The average molecular weight is 495 g/mol. The summed E-state index contributed by atoms with van der Waals surface area (Å²) in [7, 11) is 2.50. The number of rotatable bonds is 6. The highest BCUT2D eigenvalue weighted by molar-refractivity contribution is 6.31. The molecule has 1 N–H and O–H groups in total. The van der Waals surface area contributed by atoms with Crippen LogP contribution in [0.2, 0.25) is 5.02 Å². The molecule has 2 aromatic carbocycles. The van der Waals surface area contributed by atoms with Gasteiger partial charge in [0.2, 0.25) is 0 Å². The van der Waals surface area contributed by atoms with E-state index in [0.717, 1.165) is 25.2 Å². The van der Waals surface area contributed by atoms with Crippen LogP contribution in [0.3, 0.4) is 0 Å². The van der Waals surface area contributed by atoms with Crippen LogP contribution in [0.25, 0.3) is 22.4 Å². The predicted molar refractivity (Wildman–Crippen MR) is 108 cm³/mol. The van der Waals surface area contributed by atoms with Gasteiger partial charge in [-0.1, -0.05) is 17.7 Å². The molecular weight excluding hydrogens is 478 g/mol. The molecule has 0 saturated heterocycles. The molecule has 0 radical (unpaired) electrons. The molecule has 0 atom stereocenters. The van der Waals surface area contributed by atoms with E-state index in [1.165, 1.54) is 25.3 Å². The Morgan fingerprint density at radius 3 is 2.27 bits per heavy atom. The lowest BCUT2D eigenvalue weighted by atomic mass is 9.97. The van der Waals surface area contributed by atoms with Gasteiger partial charge in [0.1, 0.15) is 23.8 Å². The fraction of sp³-hybridized carbons (Fsp3) is 0.286. The molecule has 5 nitrogen and oxygen atoms in total. The summed E-state index contributed by atoms with van der Waals surface area (Å²) in [5.41, 5.74) is -2.83. The van der Waals surface area contributed by atoms with Gasteiger partial charge in [0.25, 0.3) is 0 Å². The molecule has 178 valence electrons. The van der Waals surface area contributed by atoms with Gasteiger partial charge in [-0.2, -0.15) is 31.4 Å². The van der Waals surface area contributed by atoms with Crippen molar-refractivity contribution in [1.29, 1.82) is 0 Å². The minimum absolute atomic E-state index is 0.00378. The van der Waals surface area contributed by atoms with E-state index in [-0.39, 0.29) is 41.3 Å². The molecule has 33 heavy (non-hydrogen) atoms. The SMILES string of the molecule is COCCOc1ccc(-c2cc(C(F)(F)F)n(C)n2)c(O)c1-c1ccc(Cl)c(C(F)(F)F)c1. The molecule has 3 aromatic rings. The average Bonchev–Trinajstić information content (AvgIpc) is 3.10. The Bertz CT molecular complexity index is 1160. The Labute approximate surface area is 189 Å². The number of benzene rings is 2. The fourth-order valence-electron chi connectivity index (χ4n) is 3.18. The van der Waals surface area contributed by atoms with Crippen LogP contribution < -0.4 is 4.74 Å². The van der Waals surface area contributed by atoms with Crippen molar-refractivity contribution in [3.63, 3.8) is 0 Å². The third-order valence-corrected chi connectivity index (χ3v) is 5.02. The van der Waals surface area contributed by atoms with Crippen LogP contribution in [0.15, 0.2) is 36.4 Å². The number of phenolic OH excluding ortho intramolecular Hbond substituents is 1. The summed E-state index contributed by atoms with van der Waals surface area (Å²) in [6.07, 6.45) is -9.47. The first-order valence-electron chi connectivity index (χ1n) is 9.31. The number of hydrogen-bond acceptors (Lipinski definition) is 4. The van der Waals surface area contributed by atoms with Crippen molar-refractivity contribution >= 4 is 11.6 Å². The highest BCUT2D eigenvalue weighted by Crippen LogP contribution is 2.46. The number of aromatic hydroxyl groups is 1. The lowest BCUT2D eigenvalue weighted by Gasteiger charge is -2.17. The van der Waals surface area contributed by atoms with E-state index in [4.69, 9.17) is 21.1 Å². The second-order valence-corrected chi connectivity index (χ2v) is 7.31. The van der Waals surface area contributed by atoms with Gasteiger partial charge in [0.15, 0.2) is 0 Å². The van der Waals surface area contributed by atoms with Gasteiger partial charge in [-0.3, -0.25) is 4.68 Å². The Morgan fingerprint density at radius 2 is 1.70 bits per heavy atom. The Hall–Kier alpha value is -2.92. The summed E-state index contributed by atoms with van der Waals surface area (Å²) < 4.78 is 90.7. The number of alkyl halides is 6. The predicted octanol–water partition coefficient (Wildman–Crippen LogP) is 6.18. The first-order chi connectivity index (χ1) is 15.3. The van der Waals surface area contributed by atoms with Gasteiger partial charge in [0.05, 0.1) is 28.5 Å². The number of phenols is 1. The smallest absolute Gasteiger partial charge is 0.433 e. The Kier molecular flexibility index (Phi) is 6.85. The lowest BCUT2D eigenvalue weighted by molar-refractivity contribution is -0.143. The van der Waals surface area contributed by atoms with Crippen LogP contribution in [0, 0.1) is 0 Å². The maximum atomic E-state index is 13.4. The highest BCUT2D eigenvalue weighted by Gasteiger charge is 2.36. The van der Waals surface area contributed by atoms with E-state index in [9.17, 15) is 31.4 Å². The number of methoxy groups -OCH3 is 1. The van der Waals surface area contributed by atoms with E-state index in [0.29, 0.717) is 4.68 Å². The number of hydrogen-bond donors (Lipinski definition) is 1. The minimum atomic E-state index is -4.78. The summed E-state index contributed by atoms with van der Waals surface area (Å²) in [6, 6.07) is 6.29. The third-order valence-electron chi connectivity index (χ3n) is 4.69. The summed E-state index contributed by atoms with van der Waals surface area (Å²) in [6.45, 7) is 0.148. The van der Waals surface area contributed by atoms with Crippen molar-refractivity contribution in [1.82, 2.24) is 9.78 Å². The zero-order valence-corrected chi connectivity index (χ0v) is 17.9. The largest absolute Gasteiger partial charge is 0.506 e. The lowest BCUT2D eigenvalue weighted by Crippen LogP contribution is -2.11. The van der Waals surface area contributed by atoms with E-state index in [1.807, 2.05) is 0 Å². The van der Waals surface area contributed by atoms with Gasteiger partial charge >= 0.3 is 12.4 Å². The monoisotopic (exact) mass is 494 g/mol. The molecule has 0 fully saturated rings. The van der Waals surface area contributed by atoms with Gasteiger partial charge in [0, 0.05) is 19.7 Å². The first-order valence-corrected chi connectivity index (χ1v) is 9.68. The zero-order chi connectivity index (χ0) is 24.6. The van der Waals surface area contributed by atoms with Gasteiger partial charge in [-0.05, 0) is 35.9 Å². The maximum Gasteiger partial charge on any atom is 0.433 e. The van der Waals surface area contributed by atoms with Crippen molar-refractivity contribution < 1.29 is 40.9 Å². The number of halogens is 7. The zero-order valence-electron chi connectivity index (χ0n) is 17.2. The standard InChI is InChI=1S/C21H17ClF6N2O3/c1-30-17(21(26,27)28)10-15(29-30)12-4-6-16(33-8-7-32-2)18(19(12)31)11-3-5-14(22)13(9-11)20(23,24)25/h3-6,9-10,31H,7-8H2,1-2H3. The molecule has 0 saturated carbocycles. The molecule has 1 heterocycles. The molecule has 12 heteroatoms. The first kappa shape index (κ1) is 24.7. The summed E-state index contributed by atoms with van der Waals surface area (Å²) in [4.78, 5) is 0. The summed E-state index contributed by atoms with van der Waals surface area (Å²) >= 11 is 5.69. The van der Waals surface area contributed by atoms with E-state index in [2.05, 4.69) is 5.10 Å². The molecule has 0 bridgehead atoms.